The quantitative estimate of drug-likeness (QED) is 0.758. The maximum Gasteiger partial charge on any atom is 0.220 e. The Morgan fingerprint density at radius 2 is 1.52 bits per heavy atom. The molecule has 3 rings (SSSR count). The normalized spacial score (nSPS) is 15.0. The number of fused-ring (bicyclic) bond motifs is 1. The van der Waals surface area contributed by atoms with Gasteiger partial charge in [0.25, 0.3) is 0 Å². The van der Waals surface area contributed by atoms with Crippen LogP contribution in [-0.2, 0) is 5.60 Å². The van der Waals surface area contributed by atoms with Crippen molar-refractivity contribution in [3.05, 3.63) is 59.2 Å². The minimum Gasteiger partial charge on any atom is -0.496 e. The number of Topliss-reactive ketones (excluding diaryl/α,β-unsaturated/α-hetero) is 2. The minimum absolute atomic E-state index is 0.188. The Labute approximate surface area is 159 Å². The molecule has 0 fully saturated rings. The fraction of sp³-hybridized carbons (Fsp3) is 0.364. The molecular formula is C22H25NO4. The van der Waals surface area contributed by atoms with E-state index in [4.69, 9.17) is 4.74 Å². The van der Waals surface area contributed by atoms with Gasteiger partial charge in [-0.05, 0) is 25.0 Å². The summed E-state index contributed by atoms with van der Waals surface area (Å²) in [6.45, 7) is 6.02. The number of nitrogens with zero attached hydrogens (tertiary/aromatic N) is 1. The second kappa shape index (κ2) is 7.53. The summed E-state index contributed by atoms with van der Waals surface area (Å²) in [7, 11) is 1.48. The van der Waals surface area contributed by atoms with Crippen molar-refractivity contribution in [2.45, 2.75) is 32.3 Å². The van der Waals surface area contributed by atoms with Crippen LogP contribution in [0.5, 0.6) is 5.75 Å². The molecule has 0 heterocycles. The highest BCUT2D eigenvalue weighted by atomic mass is 16.5. The zero-order valence-corrected chi connectivity index (χ0v) is 16.0. The first-order valence-corrected chi connectivity index (χ1v) is 9.33. The van der Waals surface area contributed by atoms with Gasteiger partial charge < -0.3 is 14.7 Å². The SMILES string of the molecule is CCCN(CCC)c1ccc(C2(O)C(=O)c3ccccc3C2=O)c(OC)c1. The van der Waals surface area contributed by atoms with Crippen molar-refractivity contribution in [2.75, 3.05) is 25.1 Å². The zero-order chi connectivity index (χ0) is 19.6. The lowest BCUT2D eigenvalue weighted by atomic mass is 9.87. The predicted octanol–water partition coefficient (Wildman–Crippen LogP) is 3.59. The van der Waals surface area contributed by atoms with E-state index in [1.807, 2.05) is 6.07 Å². The number of carbonyl (C=O) groups excluding carboxylic acids is 2. The van der Waals surface area contributed by atoms with Crippen LogP contribution in [0.3, 0.4) is 0 Å². The molecule has 0 unspecified atom stereocenters. The number of hydrogen-bond donors (Lipinski definition) is 1. The van der Waals surface area contributed by atoms with Crippen LogP contribution in [-0.4, -0.2) is 36.9 Å². The van der Waals surface area contributed by atoms with E-state index in [0.29, 0.717) is 5.75 Å². The van der Waals surface area contributed by atoms with Crippen LogP contribution in [0.25, 0.3) is 0 Å². The summed E-state index contributed by atoms with van der Waals surface area (Å²) in [6, 6.07) is 11.8. The fourth-order valence-corrected chi connectivity index (χ4v) is 3.70. The molecule has 142 valence electrons. The van der Waals surface area contributed by atoms with E-state index in [2.05, 4.69) is 18.7 Å². The molecular weight excluding hydrogens is 342 g/mol. The molecule has 5 nitrogen and oxygen atoms in total. The van der Waals surface area contributed by atoms with E-state index in [-0.39, 0.29) is 16.7 Å². The first kappa shape index (κ1) is 19.1. The van der Waals surface area contributed by atoms with E-state index in [1.54, 1.807) is 36.4 Å². The third-order valence-corrected chi connectivity index (χ3v) is 5.00. The summed E-state index contributed by atoms with van der Waals surface area (Å²) in [5, 5.41) is 11.2. The monoisotopic (exact) mass is 367 g/mol. The third-order valence-electron chi connectivity index (χ3n) is 5.00. The molecule has 0 amide bonds. The summed E-state index contributed by atoms with van der Waals surface area (Å²) < 4.78 is 5.47. The van der Waals surface area contributed by atoms with Gasteiger partial charge in [-0.25, -0.2) is 0 Å². The number of anilines is 1. The molecule has 0 aliphatic heterocycles. The van der Waals surface area contributed by atoms with Crippen molar-refractivity contribution in [2.24, 2.45) is 0 Å². The smallest absolute Gasteiger partial charge is 0.220 e. The van der Waals surface area contributed by atoms with Gasteiger partial charge in [0.2, 0.25) is 17.2 Å². The van der Waals surface area contributed by atoms with Gasteiger partial charge in [-0.2, -0.15) is 0 Å². The number of carbonyl (C=O) groups is 2. The number of aliphatic hydroxyl groups is 1. The third kappa shape index (κ3) is 3.02. The lowest BCUT2D eigenvalue weighted by Gasteiger charge is -2.27. The summed E-state index contributed by atoms with van der Waals surface area (Å²) in [5.41, 5.74) is -0.621. The van der Waals surface area contributed by atoms with Gasteiger partial charge in [0.1, 0.15) is 5.75 Å². The Morgan fingerprint density at radius 3 is 2.00 bits per heavy atom. The predicted molar refractivity (Wildman–Crippen MR) is 105 cm³/mol. The zero-order valence-electron chi connectivity index (χ0n) is 16.0. The van der Waals surface area contributed by atoms with Crippen molar-refractivity contribution in [1.82, 2.24) is 0 Å². The van der Waals surface area contributed by atoms with Gasteiger partial charge in [0.15, 0.2) is 0 Å². The van der Waals surface area contributed by atoms with E-state index in [9.17, 15) is 14.7 Å². The molecule has 0 saturated carbocycles. The molecule has 5 heteroatoms. The Balaban J connectivity index is 2.07. The molecule has 0 radical (unpaired) electrons. The van der Waals surface area contributed by atoms with Crippen LogP contribution in [0.1, 0.15) is 53.0 Å². The average molecular weight is 367 g/mol. The van der Waals surface area contributed by atoms with E-state index >= 15 is 0 Å². The van der Waals surface area contributed by atoms with Gasteiger partial charge in [-0.3, -0.25) is 9.59 Å². The van der Waals surface area contributed by atoms with Crippen molar-refractivity contribution in [3.8, 4) is 5.75 Å². The Hall–Kier alpha value is -2.66. The molecule has 1 N–H and O–H groups in total. The van der Waals surface area contributed by atoms with Crippen LogP contribution in [0.4, 0.5) is 5.69 Å². The number of ether oxygens (including phenoxy) is 1. The van der Waals surface area contributed by atoms with Gasteiger partial charge in [0, 0.05) is 41.5 Å². The second-order valence-corrected chi connectivity index (χ2v) is 6.79. The van der Waals surface area contributed by atoms with Crippen molar-refractivity contribution in [3.63, 3.8) is 0 Å². The molecule has 0 saturated heterocycles. The molecule has 1 aliphatic carbocycles. The van der Waals surface area contributed by atoms with Gasteiger partial charge in [-0.15, -0.1) is 0 Å². The lowest BCUT2D eigenvalue weighted by molar-refractivity contribution is 0.0313. The molecule has 1 aliphatic rings. The van der Waals surface area contributed by atoms with Crippen LogP contribution in [0.15, 0.2) is 42.5 Å². The van der Waals surface area contributed by atoms with Crippen molar-refractivity contribution in [1.29, 1.82) is 0 Å². The van der Waals surface area contributed by atoms with E-state index < -0.39 is 17.2 Å². The van der Waals surface area contributed by atoms with Crippen LogP contribution >= 0.6 is 0 Å². The number of benzene rings is 2. The van der Waals surface area contributed by atoms with Crippen molar-refractivity contribution >= 4 is 17.3 Å². The summed E-state index contributed by atoms with van der Waals surface area (Å²) in [4.78, 5) is 28.0. The van der Waals surface area contributed by atoms with E-state index in [0.717, 1.165) is 31.6 Å². The Morgan fingerprint density at radius 1 is 0.963 bits per heavy atom. The summed E-state index contributed by atoms with van der Waals surface area (Å²) >= 11 is 0. The number of ketones is 2. The van der Waals surface area contributed by atoms with E-state index in [1.165, 1.54) is 7.11 Å². The molecule has 0 atom stereocenters. The molecule has 0 bridgehead atoms. The number of hydrogen-bond acceptors (Lipinski definition) is 5. The minimum atomic E-state index is -2.24. The van der Waals surface area contributed by atoms with Crippen LogP contribution < -0.4 is 9.64 Å². The average Bonchev–Trinajstić information content (AvgIpc) is 2.90. The topological polar surface area (TPSA) is 66.8 Å². The van der Waals surface area contributed by atoms with Gasteiger partial charge >= 0.3 is 0 Å². The number of rotatable bonds is 7. The fourth-order valence-electron chi connectivity index (χ4n) is 3.70. The van der Waals surface area contributed by atoms with Crippen LogP contribution in [0, 0.1) is 0 Å². The molecule has 2 aromatic carbocycles. The standard InChI is InChI=1S/C22H25NO4/c1-4-12-23(13-5-2)15-10-11-18(19(14-15)27-3)22(26)20(24)16-8-6-7-9-17(16)21(22)25/h6-11,14,26H,4-5,12-13H2,1-3H3. The highest BCUT2D eigenvalue weighted by molar-refractivity contribution is 6.32. The van der Waals surface area contributed by atoms with Gasteiger partial charge in [0.05, 0.1) is 7.11 Å². The highest BCUT2D eigenvalue weighted by Gasteiger charge is 2.54. The Bertz CT molecular complexity index is 833. The van der Waals surface area contributed by atoms with Crippen LogP contribution in [0.2, 0.25) is 0 Å². The highest BCUT2D eigenvalue weighted by Crippen LogP contribution is 2.42. The largest absolute Gasteiger partial charge is 0.496 e. The molecule has 0 aromatic heterocycles. The molecule has 0 spiro atoms. The molecule has 2 aromatic rings. The second-order valence-electron chi connectivity index (χ2n) is 6.79. The maximum atomic E-state index is 12.9. The summed E-state index contributed by atoms with van der Waals surface area (Å²) in [5.74, 6) is -0.872. The maximum absolute atomic E-state index is 12.9. The first-order chi connectivity index (χ1) is 13.0. The summed E-state index contributed by atoms with van der Waals surface area (Å²) in [6.07, 6.45) is 2.00. The first-order valence-electron chi connectivity index (χ1n) is 9.33. The Kier molecular flexibility index (Phi) is 5.33. The lowest BCUT2D eigenvalue weighted by Crippen LogP contribution is -2.38. The van der Waals surface area contributed by atoms with Crippen molar-refractivity contribution < 1.29 is 19.4 Å². The molecule has 27 heavy (non-hydrogen) atoms. The number of methoxy groups -OCH3 is 1. The van der Waals surface area contributed by atoms with Gasteiger partial charge in [-0.1, -0.05) is 38.1 Å².